The summed E-state index contributed by atoms with van der Waals surface area (Å²) < 4.78 is 5.35. The quantitative estimate of drug-likeness (QED) is 0.739. The number of thiazole rings is 1. The normalized spacial score (nSPS) is 10.8. The van der Waals surface area contributed by atoms with E-state index < -0.39 is 0 Å². The minimum absolute atomic E-state index is 0.162. The first-order chi connectivity index (χ1) is 8.95. The number of carbonyl (C=O) groups excluding carboxylic acids is 1. The lowest BCUT2D eigenvalue weighted by atomic mass is 10.4. The molecule has 108 valence electrons. The molecule has 0 aliphatic carbocycles. The molecule has 1 aromatic heterocycles. The number of carbonyl (C=O) groups is 1. The van der Waals surface area contributed by atoms with Crippen molar-refractivity contribution in [3.05, 3.63) is 4.88 Å². The van der Waals surface area contributed by atoms with Crippen molar-refractivity contribution in [1.29, 1.82) is 0 Å². The molecule has 1 aromatic rings. The van der Waals surface area contributed by atoms with E-state index in [2.05, 4.69) is 10.3 Å². The molecular formula is C12H22N4O2S. The molecule has 0 unspecified atom stereocenters. The predicted molar refractivity (Wildman–Crippen MR) is 78.9 cm³/mol. The SMILES string of the molecule is CCN(C)c1nc(N)c(C(=O)NCCOC(C)C)s1. The van der Waals surface area contributed by atoms with Crippen LogP contribution in [0.3, 0.4) is 0 Å². The molecule has 0 radical (unpaired) electrons. The van der Waals surface area contributed by atoms with Crippen LogP contribution in [0.1, 0.15) is 30.4 Å². The van der Waals surface area contributed by atoms with Gasteiger partial charge in [0.1, 0.15) is 10.7 Å². The van der Waals surface area contributed by atoms with E-state index in [1.54, 1.807) is 0 Å². The zero-order valence-corrected chi connectivity index (χ0v) is 12.7. The highest BCUT2D eigenvalue weighted by molar-refractivity contribution is 7.18. The Hall–Kier alpha value is -1.34. The summed E-state index contributed by atoms with van der Waals surface area (Å²) in [5, 5.41) is 3.53. The van der Waals surface area contributed by atoms with Crippen molar-refractivity contribution in [3.63, 3.8) is 0 Å². The summed E-state index contributed by atoms with van der Waals surface area (Å²) in [6.07, 6.45) is 0.162. The summed E-state index contributed by atoms with van der Waals surface area (Å²) in [6.45, 7) is 7.69. The van der Waals surface area contributed by atoms with Gasteiger partial charge in [-0.05, 0) is 20.8 Å². The second kappa shape index (κ2) is 7.30. The zero-order chi connectivity index (χ0) is 14.4. The Morgan fingerprint density at radius 3 is 2.84 bits per heavy atom. The second-order valence-electron chi connectivity index (χ2n) is 4.40. The highest BCUT2D eigenvalue weighted by Gasteiger charge is 2.17. The van der Waals surface area contributed by atoms with Crippen LogP contribution in [0.2, 0.25) is 0 Å². The van der Waals surface area contributed by atoms with E-state index in [4.69, 9.17) is 10.5 Å². The van der Waals surface area contributed by atoms with E-state index in [1.165, 1.54) is 11.3 Å². The summed E-state index contributed by atoms with van der Waals surface area (Å²) in [4.78, 5) is 18.5. The molecule has 3 N–H and O–H groups in total. The highest BCUT2D eigenvalue weighted by atomic mass is 32.1. The van der Waals surface area contributed by atoms with Gasteiger partial charge in [0.15, 0.2) is 5.13 Å². The van der Waals surface area contributed by atoms with Gasteiger partial charge in [0, 0.05) is 20.1 Å². The van der Waals surface area contributed by atoms with Crippen LogP contribution < -0.4 is 16.0 Å². The number of nitrogen functional groups attached to an aromatic ring is 1. The second-order valence-corrected chi connectivity index (χ2v) is 5.38. The summed E-state index contributed by atoms with van der Waals surface area (Å²) in [6, 6.07) is 0. The van der Waals surface area contributed by atoms with E-state index in [9.17, 15) is 4.79 Å². The average molecular weight is 286 g/mol. The van der Waals surface area contributed by atoms with E-state index in [-0.39, 0.29) is 17.8 Å². The highest BCUT2D eigenvalue weighted by Crippen LogP contribution is 2.26. The number of hydrogen-bond acceptors (Lipinski definition) is 6. The van der Waals surface area contributed by atoms with Crippen molar-refractivity contribution in [1.82, 2.24) is 10.3 Å². The summed E-state index contributed by atoms with van der Waals surface area (Å²) in [5.41, 5.74) is 5.77. The maximum absolute atomic E-state index is 11.9. The maximum Gasteiger partial charge on any atom is 0.265 e. The predicted octanol–water partition coefficient (Wildman–Crippen LogP) is 1.34. The zero-order valence-electron chi connectivity index (χ0n) is 11.9. The molecule has 0 spiro atoms. The van der Waals surface area contributed by atoms with E-state index in [1.807, 2.05) is 32.7 Å². The van der Waals surface area contributed by atoms with Crippen LogP contribution in [-0.2, 0) is 4.74 Å². The van der Waals surface area contributed by atoms with Gasteiger partial charge in [0.2, 0.25) is 0 Å². The molecule has 0 aliphatic heterocycles. The average Bonchev–Trinajstić information content (AvgIpc) is 2.75. The van der Waals surface area contributed by atoms with Crippen LogP contribution in [0.4, 0.5) is 10.9 Å². The van der Waals surface area contributed by atoms with Crippen LogP contribution in [-0.4, -0.2) is 43.7 Å². The standard InChI is InChI=1S/C12H22N4O2S/c1-5-16(4)12-15-10(13)9(19-12)11(17)14-6-7-18-8(2)3/h8H,5-7,13H2,1-4H3,(H,14,17). The van der Waals surface area contributed by atoms with E-state index in [0.717, 1.165) is 11.7 Å². The number of rotatable bonds is 7. The Morgan fingerprint density at radius 1 is 1.58 bits per heavy atom. The molecule has 6 nitrogen and oxygen atoms in total. The number of ether oxygens (including phenoxy) is 1. The number of nitrogens with zero attached hydrogens (tertiary/aromatic N) is 2. The number of aromatic nitrogens is 1. The van der Waals surface area contributed by atoms with Gasteiger partial charge in [-0.25, -0.2) is 4.98 Å². The lowest BCUT2D eigenvalue weighted by Gasteiger charge is -2.11. The van der Waals surface area contributed by atoms with Crippen molar-refractivity contribution in [2.75, 3.05) is 37.4 Å². The molecule has 1 amide bonds. The Labute approximate surface area is 118 Å². The first-order valence-corrected chi connectivity index (χ1v) is 7.14. The fourth-order valence-corrected chi connectivity index (χ4v) is 2.25. The van der Waals surface area contributed by atoms with Crippen LogP contribution in [0, 0.1) is 0 Å². The van der Waals surface area contributed by atoms with Gasteiger partial charge in [0.25, 0.3) is 5.91 Å². The minimum atomic E-state index is -0.196. The van der Waals surface area contributed by atoms with Gasteiger partial charge in [-0.2, -0.15) is 0 Å². The Kier molecular flexibility index (Phi) is 6.04. The smallest absolute Gasteiger partial charge is 0.265 e. The van der Waals surface area contributed by atoms with Crippen molar-refractivity contribution < 1.29 is 9.53 Å². The molecule has 0 aromatic carbocycles. The number of nitrogens with one attached hydrogen (secondary N) is 1. The van der Waals surface area contributed by atoms with Gasteiger partial charge < -0.3 is 20.7 Å². The molecular weight excluding hydrogens is 264 g/mol. The number of amides is 1. The number of hydrogen-bond donors (Lipinski definition) is 2. The van der Waals surface area contributed by atoms with Gasteiger partial charge in [0.05, 0.1) is 12.7 Å². The van der Waals surface area contributed by atoms with Gasteiger partial charge in [-0.15, -0.1) is 0 Å². The van der Waals surface area contributed by atoms with E-state index >= 15 is 0 Å². The molecule has 0 saturated carbocycles. The van der Waals surface area contributed by atoms with E-state index in [0.29, 0.717) is 18.0 Å². The summed E-state index contributed by atoms with van der Waals surface area (Å²) >= 11 is 1.30. The van der Waals surface area contributed by atoms with Crippen molar-refractivity contribution in [2.45, 2.75) is 26.9 Å². The maximum atomic E-state index is 11.9. The van der Waals surface area contributed by atoms with Crippen molar-refractivity contribution in [3.8, 4) is 0 Å². The fraction of sp³-hybridized carbons (Fsp3) is 0.667. The third-order valence-corrected chi connectivity index (χ3v) is 3.67. The molecule has 0 saturated heterocycles. The Balaban J connectivity index is 2.55. The number of nitrogens with two attached hydrogens (primary N) is 1. The Bertz CT molecular complexity index is 420. The minimum Gasteiger partial charge on any atom is -0.382 e. The fourth-order valence-electron chi connectivity index (χ4n) is 1.32. The van der Waals surface area contributed by atoms with Crippen molar-refractivity contribution >= 4 is 28.2 Å². The van der Waals surface area contributed by atoms with Gasteiger partial charge >= 0.3 is 0 Å². The third kappa shape index (κ3) is 4.68. The van der Waals surface area contributed by atoms with Gasteiger partial charge in [-0.1, -0.05) is 11.3 Å². The molecule has 1 rings (SSSR count). The van der Waals surface area contributed by atoms with Crippen LogP contribution in [0.5, 0.6) is 0 Å². The largest absolute Gasteiger partial charge is 0.382 e. The molecule has 1 heterocycles. The lowest BCUT2D eigenvalue weighted by molar-refractivity contribution is 0.0748. The molecule has 0 bridgehead atoms. The van der Waals surface area contributed by atoms with Crippen LogP contribution in [0.25, 0.3) is 0 Å². The molecule has 0 fully saturated rings. The number of anilines is 2. The molecule has 7 heteroatoms. The van der Waals surface area contributed by atoms with Crippen LogP contribution >= 0.6 is 11.3 Å². The first kappa shape index (κ1) is 15.7. The topological polar surface area (TPSA) is 80.5 Å². The Morgan fingerprint density at radius 2 is 2.26 bits per heavy atom. The third-order valence-electron chi connectivity index (χ3n) is 2.49. The summed E-state index contributed by atoms with van der Waals surface area (Å²) in [7, 11) is 1.91. The molecule has 19 heavy (non-hydrogen) atoms. The lowest BCUT2D eigenvalue weighted by Crippen LogP contribution is -2.28. The van der Waals surface area contributed by atoms with Gasteiger partial charge in [-0.3, -0.25) is 4.79 Å². The monoisotopic (exact) mass is 286 g/mol. The van der Waals surface area contributed by atoms with Crippen molar-refractivity contribution in [2.24, 2.45) is 0 Å². The van der Waals surface area contributed by atoms with Crippen LogP contribution in [0.15, 0.2) is 0 Å². The molecule has 0 aliphatic rings. The first-order valence-electron chi connectivity index (χ1n) is 6.33. The summed E-state index contributed by atoms with van der Waals surface area (Å²) in [5.74, 6) is 0.0840. The molecule has 0 atom stereocenters.